The fourth-order valence-electron chi connectivity index (χ4n) is 1.85. The molecule has 0 heterocycles. The number of aliphatic hydroxyl groups is 1. The van der Waals surface area contributed by atoms with Crippen LogP contribution in [0.2, 0.25) is 0 Å². The van der Waals surface area contributed by atoms with Gasteiger partial charge >= 0.3 is 0 Å². The molecule has 0 spiro atoms. The van der Waals surface area contributed by atoms with Gasteiger partial charge in [0.15, 0.2) is 0 Å². The van der Waals surface area contributed by atoms with Gasteiger partial charge in [-0.25, -0.2) is 0 Å². The number of anilines is 1. The van der Waals surface area contributed by atoms with E-state index < -0.39 is 0 Å². The zero-order valence-electron chi connectivity index (χ0n) is 10.6. The number of benzene rings is 1. The Kier molecular flexibility index (Phi) is 5.33. The van der Waals surface area contributed by atoms with Crippen molar-refractivity contribution in [3.05, 3.63) is 29.8 Å². The Bertz CT molecular complexity index is 290. The summed E-state index contributed by atoms with van der Waals surface area (Å²) in [7, 11) is 0. The van der Waals surface area contributed by atoms with Crippen molar-refractivity contribution in [1.29, 1.82) is 0 Å². The van der Waals surface area contributed by atoms with Crippen molar-refractivity contribution < 1.29 is 5.11 Å². The van der Waals surface area contributed by atoms with Crippen molar-refractivity contribution in [3.63, 3.8) is 0 Å². The molecule has 0 aliphatic rings. The molecule has 0 bridgehead atoms. The van der Waals surface area contributed by atoms with Gasteiger partial charge in [-0.1, -0.05) is 19.1 Å². The van der Waals surface area contributed by atoms with Crippen LogP contribution in [0, 0.1) is 0 Å². The Balaban J connectivity index is 2.67. The fraction of sp³-hybridized carbons (Fsp3) is 0.571. The minimum Gasteiger partial charge on any atom is -0.393 e. The first-order chi connectivity index (χ1) is 7.71. The van der Waals surface area contributed by atoms with Gasteiger partial charge in [-0.2, -0.15) is 0 Å². The highest BCUT2D eigenvalue weighted by Gasteiger charge is 2.04. The average Bonchev–Trinajstić information content (AvgIpc) is 2.32. The molecule has 0 aliphatic heterocycles. The lowest BCUT2D eigenvalue weighted by molar-refractivity contribution is 0.171. The van der Waals surface area contributed by atoms with Gasteiger partial charge in [-0.05, 0) is 44.4 Å². The van der Waals surface area contributed by atoms with Gasteiger partial charge in [-0.3, -0.25) is 0 Å². The number of hydrogen-bond donors (Lipinski definition) is 1. The van der Waals surface area contributed by atoms with Crippen LogP contribution in [-0.2, 0) is 6.42 Å². The highest BCUT2D eigenvalue weighted by atomic mass is 16.3. The molecule has 1 atom stereocenters. The molecule has 16 heavy (non-hydrogen) atoms. The summed E-state index contributed by atoms with van der Waals surface area (Å²) in [6.45, 7) is 8.41. The van der Waals surface area contributed by atoms with Gasteiger partial charge in [0.2, 0.25) is 0 Å². The SMILES string of the molecule is CC[C@H](O)Cc1ccc(N(CC)CC)cc1. The summed E-state index contributed by atoms with van der Waals surface area (Å²) in [5.74, 6) is 0. The third-order valence-electron chi connectivity index (χ3n) is 3.01. The van der Waals surface area contributed by atoms with E-state index in [1.54, 1.807) is 0 Å². The van der Waals surface area contributed by atoms with Crippen LogP contribution in [-0.4, -0.2) is 24.3 Å². The second kappa shape index (κ2) is 6.54. The van der Waals surface area contributed by atoms with Gasteiger partial charge in [0, 0.05) is 18.8 Å². The molecule has 0 amide bonds. The van der Waals surface area contributed by atoms with E-state index in [1.807, 2.05) is 6.92 Å². The summed E-state index contributed by atoms with van der Waals surface area (Å²) in [6.07, 6.45) is 1.37. The topological polar surface area (TPSA) is 23.5 Å². The molecule has 1 aromatic carbocycles. The number of aliphatic hydroxyl groups excluding tert-OH is 1. The highest BCUT2D eigenvalue weighted by Crippen LogP contribution is 2.16. The smallest absolute Gasteiger partial charge is 0.0577 e. The van der Waals surface area contributed by atoms with Crippen LogP contribution in [0.15, 0.2) is 24.3 Å². The first kappa shape index (κ1) is 13.0. The third-order valence-corrected chi connectivity index (χ3v) is 3.01. The van der Waals surface area contributed by atoms with Gasteiger partial charge in [0.25, 0.3) is 0 Å². The molecule has 2 nitrogen and oxygen atoms in total. The van der Waals surface area contributed by atoms with E-state index >= 15 is 0 Å². The summed E-state index contributed by atoms with van der Waals surface area (Å²) >= 11 is 0. The molecular formula is C14H23NO. The lowest BCUT2D eigenvalue weighted by atomic mass is 10.1. The maximum absolute atomic E-state index is 9.57. The fourth-order valence-corrected chi connectivity index (χ4v) is 1.85. The van der Waals surface area contributed by atoms with Crippen molar-refractivity contribution in [2.24, 2.45) is 0 Å². The second-order valence-electron chi connectivity index (χ2n) is 4.10. The molecule has 0 unspecified atom stereocenters. The minimum atomic E-state index is -0.209. The first-order valence-electron chi connectivity index (χ1n) is 6.23. The third kappa shape index (κ3) is 3.53. The molecule has 90 valence electrons. The molecule has 0 saturated heterocycles. The van der Waals surface area contributed by atoms with Crippen molar-refractivity contribution >= 4 is 5.69 Å². The zero-order chi connectivity index (χ0) is 12.0. The standard InChI is InChI=1S/C14H23NO/c1-4-14(16)11-12-7-9-13(10-8-12)15(5-2)6-3/h7-10,14,16H,4-6,11H2,1-3H3/t14-/m0/s1. The molecule has 0 saturated carbocycles. The predicted molar refractivity (Wildman–Crippen MR) is 70.0 cm³/mol. The van der Waals surface area contributed by atoms with Crippen LogP contribution < -0.4 is 4.90 Å². The van der Waals surface area contributed by atoms with Crippen LogP contribution >= 0.6 is 0 Å². The maximum Gasteiger partial charge on any atom is 0.0577 e. The number of rotatable bonds is 6. The number of nitrogens with zero attached hydrogens (tertiary/aromatic N) is 1. The summed E-state index contributed by atoms with van der Waals surface area (Å²) in [4.78, 5) is 2.32. The van der Waals surface area contributed by atoms with Gasteiger partial charge in [-0.15, -0.1) is 0 Å². The predicted octanol–water partition coefficient (Wildman–Crippen LogP) is 2.85. The molecule has 0 aliphatic carbocycles. The molecule has 0 radical (unpaired) electrons. The van der Waals surface area contributed by atoms with E-state index in [2.05, 4.69) is 43.0 Å². The summed E-state index contributed by atoms with van der Waals surface area (Å²) in [5.41, 5.74) is 2.48. The van der Waals surface area contributed by atoms with Crippen molar-refractivity contribution in [3.8, 4) is 0 Å². The highest BCUT2D eigenvalue weighted by molar-refractivity contribution is 5.47. The molecule has 1 N–H and O–H groups in total. The van der Waals surface area contributed by atoms with Crippen LogP contribution in [0.3, 0.4) is 0 Å². The van der Waals surface area contributed by atoms with Crippen molar-refractivity contribution in [2.75, 3.05) is 18.0 Å². The summed E-state index contributed by atoms with van der Waals surface area (Å²) in [6, 6.07) is 8.52. The molecule has 0 fully saturated rings. The largest absolute Gasteiger partial charge is 0.393 e. The van der Waals surface area contributed by atoms with Gasteiger partial charge in [0.05, 0.1) is 6.10 Å². The lowest BCUT2D eigenvalue weighted by Gasteiger charge is -2.21. The zero-order valence-corrected chi connectivity index (χ0v) is 10.6. The Morgan fingerprint density at radius 1 is 1.06 bits per heavy atom. The minimum absolute atomic E-state index is 0.209. The van der Waals surface area contributed by atoms with E-state index in [-0.39, 0.29) is 6.10 Å². The van der Waals surface area contributed by atoms with Crippen LogP contribution in [0.5, 0.6) is 0 Å². The first-order valence-corrected chi connectivity index (χ1v) is 6.23. The normalized spacial score (nSPS) is 12.5. The summed E-state index contributed by atoms with van der Waals surface area (Å²) in [5, 5.41) is 9.57. The molecule has 2 heteroatoms. The van der Waals surface area contributed by atoms with E-state index in [0.29, 0.717) is 0 Å². The molecule has 0 aromatic heterocycles. The van der Waals surface area contributed by atoms with Gasteiger partial charge < -0.3 is 10.0 Å². The number of hydrogen-bond acceptors (Lipinski definition) is 2. The van der Waals surface area contributed by atoms with E-state index in [0.717, 1.165) is 25.9 Å². The Hall–Kier alpha value is -1.02. The van der Waals surface area contributed by atoms with Crippen molar-refractivity contribution in [2.45, 2.75) is 39.7 Å². The Morgan fingerprint density at radius 2 is 1.62 bits per heavy atom. The summed E-state index contributed by atoms with van der Waals surface area (Å²) < 4.78 is 0. The quantitative estimate of drug-likeness (QED) is 0.798. The maximum atomic E-state index is 9.57. The van der Waals surface area contributed by atoms with Crippen LogP contribution in [0.25, 0.3) is 0 Å². The second-order valence-corrected chi connectivity index (χ2v) is 4.10. The van der Waals surface area contributed by atoms with E-state index in [1.165, 1.54) is 11.3 Å². The van der Waals surface area contributed by atoms with Gasteiger partial charge in [0.1, 0.15) is 0 Å². The molecule has 1 aromatic rings. The monoisotopic (exact) mass is 221 g/mol. The van der Waals surface area contributed by atoms with E-state index in [4.69, 9.17) is 0 Å². The van der Waals surface area contributed by atoms with E-state index in [9.17, 15) is 5.11 Å². The molecule has 1 rings (SSSR count). The van der Waals surface area contributed by atoms with Crippen LogP contribution in [0.4, 0.5) is 5.69 Å². The Labute approximate surface area is 98.9 Å². The lowest BCUT2D eigenvalue weighted by Crippen LogP contribution is -2.21. The molecular weight excluding hydrogens is 198 g/mol. The van der Waals surface area contributed by atoms with Crippen LogP contribution in [0.1, 0.15) is 32.8 Å². The average molecular weight is 221 g/mol. The Morgan fingerprint density at radius 3 is 2.06 bits per heavy atom. The van der Waals surface area contributed by atoms with Crippen molar-refractivity contribution in [1.82, 2.24) is 0 Å².